The smallest absolute Gasteiger partial charge is 0.0206 e. The minimum atomic E-state index is 0.975. The average Bonchev–Trinajstić information content (AvgIpc) is 2.68. The van der Waals surface area contributed by atoms with Crippen LogP contribution in [0.5, 0.6) is 0 Å². The van der Waals surface area contributed by atoms with E-state index in [1.165, 1.54) is 105 Å². The molecule has 0 fully saturated rings. The highest BCUT2D eigenvalue weighted by Gasteiger charge is 1.94. The van der Waals surface area contributed by atoms with E-state index in [9.17, 15) is 0 Å². The molecule has 0 amide bonds. The molecule has 150 valence electrons. The zero-order valence-electron chi connectivity index (χ0n) is 17.4. The van der Waals surface area contributed by atoms with Crippen LogP contribution in [0.15, 0.2) is 30.3 Å². The van der Waals surface area contributed by atoms with Gasteiger partial charge in [0.2, 0.25) is 0 Å². The van der Waals surface area contributed by atoms with Gasteiger partial charge in [-0.15, -0.1) is 0 Å². The molecule has 2 nitrogen and oxygen atoms in total. The molecule has 1 aromatic rings. The number of hydrogen-bond donors (Lipinski definition) is 2. The lowest BCUT2D eigenvalue weighted by atomic mass is 10.1. The SMILES string of the molecule is [SiH3]CCCCCCCCCCCCCCNCCNCc1ccccc1. The predicted octanol–water partition coefficient (Wildman–Crippen LogP) is 4.83. The second-order valence-electron chi connectivity index (χ2n) is 7.66. The molecule has 1 aromatic carbocycles. The highest BCUT2D eigenvalue weighted by atomic mass is 28.1. The van der Waals surface area contributed by atoms with Crippen molar-refractivity contribution < 1.29 is 0 Å². The number of rotatable bonds is 19. The van der Waals surface area contributed by atoms with Gasteiger partial charge in [-0.1, -0.05) is 107 Å². The van der Waals surface area contributed by atoms with Gasteiger partial charge < -0.3 is 10.6 Å². The van der Waals surface area contributed by atoms with Gasteiger partial charge in [0, 0.05) is 29.9 Å². The molecule has 0 aliphatic rings. The fourth-order valence-corrected chi connectivity index (χ4v) is 3.90. The molecule has 0 radical (unpaired) electrons. The van der Waals surface area contributed by atoms with E-state index in [2.05, 4.69) is 41.0 Å². The second kappa shape index (κ2) is 19.1. The van der Waals surface area contributed by atoms with E-state index in [-0.39, 0.29) is 0 Å². The molecule has 0 spiro atoms. The van der Waals surface area contributed by atoms with Crippen molar-refractivity contribution in [3.8, 4) is 0 Å². The van der Waals surface area contributed by atoms with Crippen LogP contribution >= 0.6 is 0 Å². The molecule has 1 rings (SSSR count). The maximum absolute atomic E-state index is 3.55. The monoisotopic (exact) mass is 376 g/mol. The van der Waals surface area contributed by atoms with Crippen LogP contribution in [-0.2, 0) is 6.54 Å². The largest absolute Gasteiger partial charge is 0.315 e. The predicted molar refractivity (Wildman–Crippen MR) is 121 cm³/mol. The Morgan fingerprint density at radius 2 is 1.04 bits per heavy atom. The van der Waals surface area contributed by atoms with E-state index in [0.717, 1.165) is 19.6 Å². The van der Waals surface area contributed by atoms with Gasteiger partial charge in [0.05, 0.1) is 0 Å². The van der Waals surface area contributed by atoms with Crippen LogP contribution in [-0.4, -0.2) is 29.9 Å². The second-order valence-corrected chi connectivity index (χ2v) is 8.66. The van der Waals surface area contributed by atoms with Crippen molar-refractivity contribution in [2.45, 2.75) is 89.6 Å². The fraction of sp³-hybridized carbons (Fsp3) is 0.739. The zero-order valence-corrected chi connectivity index (χ0v) is 19.4. The molecule has 0 aliphatic carbocycles. The van der Waals surface area contributed by atoms with Crippen LogP contribution in [0.25, 0.3) is 0 Å². The molecule has 26 heavy (non-hydrogen) atoms. The first kappa shape index (κ1) is 23.4. The Bertz CT molecular complexity index is 383. The van der Waals surface area contributed by atoms with Crippen molar-refractivity contribution in [3.05, 3.63) is 35.9 Å². The third-order valence-corrected chi connectivity index (χ3v) is 5.81. The normalized spacial score (nSPS) is 11.2. The number of benzene rings is 1. The van der Waals surface area contributed by atoms with Crippen LogP contribution < -0.4 is 10.6 Å². The molecule has 0 saturated heterocycles. The topological polar surface area (TPSA) is 24.1 Å². The summed E-state index contributed by atoms with van der Waals surface area (Å²) in [6.45, 7) is 4.28. The summed E-state index contributed by atoms with van der Waals surface area (Å²) in [5, 5.41) is 7.04. The third-order valence-electron chi connectivity index (χ3n) is 5.11. The molecular formula is C23H44N2Si. The maximum atomic E-state index is 3.55. The van der Waals surface area contributed by atoms with Crippen molar-refractivity contribution in [1.82, 2.24) is 10.6 Å². The lowest BCUT2D eigenvalue weighted by Gasteiger charge is -2.07. The van der Waals surface area contributed by atoms with E-state index in [1.807, 2.05) is 0 Å². The van der Waals surface area contributed by atoms with Gasteiger partial charge in [0.1, 0.15) is 0 Å². The van der Waals surface area contributed by atoms with Crippen LogP contribution in [0.4, 0.5) is 0 Å². The number of hydrogen-bond acceptors (Lipinski definition) is 2. The zero-order chi connectivity index (χ0) is 18.5. The molecule has 3 heteroatoms. The summed E-state index contributed by atoms with van der Waals surface area (Å²) in [7, 11) is 1.40. The highest BCUT2D eigenvalue weighted by molar-refractivity contribution is 6.08. The number of unbranched alkanes of at least 4 members (excludes halogenated alkanes) is 11. The highest BCUT2D eigenvalue weighted by Crippen LogP contribution is 2.12. The maximum Gasteiger partial charge on any atom is 0.0206 e. The van der Waals surface area contributed by atoms with Crippen LogP contribution in [0, 0.1) is 0 Å². The summed E-state index contributed by atoms with van der Waals surface area (Å²) in [5.74, 6) is 0. The van der Waals surface area contributed by atoms with Crippen LogP contribution in [0.1, 0.15) is 82.6 Å². The van der Waals surface area contributed by atoms with E-state index >= 15 is 0 Å². The summed E-state index contributed by atoms with van der Waals surface area (Å²) in [6.07, 6.45) is 17.4. The van der Waals surface area contributed by atoms with Crippen molar-refractivity contribution in [3.63, 3.8) is 0 Å². The Morgan fingerprint density at radius 1 is 0.538 bits per heavy atom. The first-order valence-corrected chi connectivity index (χ1v) is 12.8. The summed E-state index contributed by atoms with van der Waals surface area (Å²) in [6, 6.07) is 12.1. The summed E-state index contributed by atoms with van der Waals surface area (Å²) < 4.78 is 0. The minimum Gasteiger partial charge on any atom is -0.315 e. The van der Waals surface area contributed by atoms with Crippen LogP contribution in [0.2, 0.25) is 6.04 Å². The van der Waals surface area contributed by atoms with E-state index < -0.39 is 0 Å². The van der Waals surface area contributed by atoms with Crippen LogP contribution in [0.3, 0.4) is 0 Å². The van der Waals surface area contributed by atoms with Gasteiger partial charge in [0.25, 0.3) is 0 Å². The first-order valence-electron chi connectivity index (χ1n) is 11.4. The summed E-state index contributed by atoms with van der Waals surface area (Å²) in [4.78, 5) is 0. The van der Waals surface area contributed by atoms with Gasteiger partial charge in [-0.2, -0.15) is 0 Å². The molecule has 2 N–H and O–H groups in total. The van der Waals surface area contributed by atoms with Gasteiger partial charge in [-0.25, -0.2) is 0 Å². The third kappa shape index (κ3) is 15.6. The molecule has 0 atom stereocenters. The molecule has 0 bridgehead atoms. The first-order chi connectivity index (χ1) is 12.9. The summed E-state index contributed by atoms with van der Waals surface area (Å²) in [5.41, 5.74) is 1.37. The Labute approximate surface area is 166 Å². The van der Waals surface area contributed by atoms with Crippen molar-refractivity contribution in [1.29, 1.82) is 0 Å². The molecule has 0 aromatic heterocycles. The van der Waals surface area contributed by atoms with Crippen molar-refractivity contribution >= 4 is 10.2 Å². The molecular weight excluding hydrogens is 332 g/mol. The quantitative estimate of drug-likeness (QED) is 0.267. The van der Waals surface area contributed by atoms with Gasteiger partial charge in [0.15, 0.2) is 0 Å². The number of nitrogens with one attached hydrogen (secondary N) is 2. The van der Waals surface area contributed by atoms with Gasteiger partial charge >= 0.3 is 0 Å². The lowest BCUT2D eigenvalue weighted by molar-refractivity contribution is 0.532. The Balaban J connectivity index is 1.68. The standard InChI is InChI=1S/C23H44N2Si/c26-21-15-10-8-6-4-2-1-3-5-7-9-14-18-24-19-20-25-22-23-16-12-11-13-17-23/h11-13,16-17,24-25H,1-10,14-15,18-22H2,26H3. The molecule has 0 unspecified atom stereocenters. The molecule has 0 aliphatic heterocycles. The Kier molecular flexibility index (Phi) is 17.2. The Hall–Kier alpha value is -0.643. The molecule has 0 saturated carbocycles. The van der Waals surface area contributed by atoms with Crippen molar-refractivity contribution in [2.24, 2.45) is 0 Å². The van der Waals surface area contributed by atoms with Gasteiger partial charge in [-0.05, 0) is 18.5 Å². The Morgan fingerprint density at radius 3 is 1.62 bits per heavy atom. The minimum absolute atomic E-state index is 0.975. The summed E-state index contributed by atoms with van der Waals surface area (Å²) >= 11 is 0. The van der Waals surface area contributed by atoms with Crippen molar-refractivity contribution in [2.75, 3.05) is 19.6 Å². The average molecular weight is 377 g/mol. The lowest BCUT2D eigenvalue weighted by Crippen LogP contribution is -2.27. The fourth-order valence-electron chi connectivity index (χ4n) is 3.40. The van der Waals surface area contributed by atoms with Gasteiger partial charge in [-0.3, -0.25) is 0 Å². The van der Waals surface area contributed by atoms with E-state index in [1.54, 1.807) is 0 Å². The van der Waals surface area contributed by atoms with E-state index in [0.29, 0.717) is 0 Å². The van der Waals surface area contributed by atoms with E-state index in [4.69, 9.17) is 0 Å². The molecule has 0 heterocycles.